The minimum Gasteiger partial charge on any atom is -0.347 e. The van der Waals surface area contributed by atoms with Gasteiger partial charge in [0.1, 0.15) is 0 Å². The second kappa shape index (κ2) is 15.1. The van der Waals surface area contributed by atoms with Crippen molar-refractivity contribution >= 4 is 23.5 Å². The smallest absolute Gasteiger partial charge is 0.170 e. The summed E-state index contributed by atoms with van der Waals surface area (Å²) in [6.45, 7) is 22.9. The third kappa shape index (κ3) is 8.75. The molecule has 0 N–H and O–H groups in total. The van der Waals surface area contributed by atoms with Crippen LogP contribution in [0.4, 0.5) is 0 Å². The molecule has 6 aliphatic rings. The van der Waals surface area contributed by atoms with Gasteiger partial charge in [0.2, 0.25) is 0 Å². The van der Waals surface area contributed by atoms with Crippen LogP contribution in [0.1, 0.15) is 101 Å². The van der Waals surface area contributed by atoms with Crippen LogP contribution in [0.15, 0.2) is 0 Å². The average molecular weight is 574 g/mol. The van der Waals surface area contributed by atoms with E-state index in [9.17, 15) is 0 Å². The third-order valence-corrected chi connectivity index (χ3v) is 12.7. The van der Waals surface area contributed by atoms with E-state index in [1.807, 2.05) is 0 Å². The maximum Gasteiger partial charge on any atom is 0.170 e. The van der Waals surface area contributed by atoms with Crippen molar-refractivity contribution in [2.75, 3.05) is 64.0 Å². The molecule has 0 unspecified atom stereocenters. The number of hydrogen-bond acceptors (Lipinski definition) is 7. The molecule has 0 bridgehead atoms. The van der Waals surface area contributed by atoms with E-state index < -0.39 is 0 Å². The van der Waals surface area contributed by atoms with Gasteiger partial charge in [0.15, 0.2) is 5.79 Å². The normalized spacial score (nSPS) is 27.7. The largest absolute Gasteiger partial charge is 0.347 e. The molecule has 6 fully saturated rings. The van der Waals surface area contributed by atoms with E-state index in [-0.39, 0.29) is 20.6 Å². The SMILES string of the molecule is C.C.CC(C)N1CC2(CCC2)C1.CC(C)N1CCC2(C1)SCCCS2.CC(C)N1CCC2(CC1)OCCO2. The van der Waals surface area contributed by atoms with Crippen LogP contribution in [0, 0.1) is 5.41 Å². The molecule has 0 atom stereocenters. The van der Waals surface area contributed by atoms with Crippen molar-refractivity contribution in [3.05, 3.63) is 0 Å². The van der Waals surface area contributed by atoms with Gasteiger partial charge >= 0.3 is 0 Å². The van der Waals surface area contributed by atoms with E-state index in [0.29, 0.717) is 10.1 Å². The molecule has 7 heteroatoms. The van der Waals surface area contributed by atoms with Gasteiger partial charge in [0.05, 0.1) is 17.3 Å². The van der Waals surface area contributed by atoms with Crippen molar-refractivity contribution in [1.82, 2.24) is 14.7 Å². The number of thioether (sulfide) groups is 2. The number of rotatable bonds is 3. The highest BCUT2D eigenvalue weighted by atomic mass is 32.2. The molecule has 0 aromatic carbocycles. The Kier molecular flexibility index (Phi) is 13.8. The molecule has 0 aromatic heterocycles. The Morgan fingerprint density at radius 1 is 0.579 bits per heavy atom. The Bertz CT molecular complexity index is 656. The van der Waals surface area contributed by atoms with Crippen molar-refractivity contribution in [2.24, 2.45) is 5.41 Å². The van der Waals surface area contributed by atoms with Crippen LogP contribution in [-0.4, -0.2) is 107 Å². The maximum absolute atomic E-state index is 5.66. The van der Waals surface area contributed by atoms with Gasteiger partial charge in [0, 0.05) is 70.2 Å². The Morgan fingerprint density at radius 2 is 1.08 bits per heavy atom. The Labute approximate surface area is 245 Å². The van der Waals surface area contributed by atoms with Gasteiger partial charge in [-0.05, 0) is 84.1 Å². The summed E-state index contributed by atoms with van der Waals surface area (Å²) in [6.07, 6.45) is 9.40. The van der Waals surface area contributed by atoms with E-state index in [0.717, 1.165) is 56.6 Å². The molecule has 3 spiro atoms. The first-order valence-electron chi connectivity index (χ1n) is 14.9. The van der Waals surface area contributed by atoms with Crippen LogP contribution in [0.3, 0.4) is 0 Å². The highest BCUT2D eigenvalue weighted by Crippen LogP contribution is 2.49. The first-order chi connectivity index (χ1) is 17.2. The lowest BCUT2D eigenvalue weighted by Crippen LogP contribution is -2.61. The predicted molar refractivity (Wildman–Crippen MR) is 171 cm³/mol. The van der Waals surface area contributed by atoms with Crippen molar-refractivity contribution in [2.45, 2.75) is 129 Å². The summed E-state index contributed by atoms with van der Waals surface area (Å²) < 4.78 is 11.9. The third-order valence-electron chi connectivity index (χ3n) is 9.30. The molecule has 5 aliphatic heterocycles. The van der Waals surface area contributed by atoms with Gasteiger partial charge in [-0.1, -0.05) is 21.3 Å². The highest BCUT2D eigenvalue weighted by Gasteiger charge is 2.47. The van der Waals surface area contributed by atoms with Crippen LogP contribution in [-0.2, 0) is 9.47 Å². The molecular formula is C31H63N3O2S2. The van der Waals surface area contributed by atoms with Gasteiger partial charge in [-0.15, -0.1) is 23.5 Å². The molecule has 0 radical (unpaired) electrons. The van der Waals surface area contributed by atoms with Crippen molar-refractivity contribution < 1.29 is 9.47 Å². The number of hydrogen-bond donors (Lipinski definition) is 0. The van der Waals surface area contributed by atoms with Gasteiger partial charge in [0.25, 0.3) is 0 Å². The molecule has 38 heavy (non-hydrogen) atoms. The Hall–Kier alpha value is 0.500. The standard InChI is InChI=1S/C10H19NO2.C10H19NS2.C9H17N.2CH4/c1-9(2)11-5-3-10(4-6-11)12-7-8-13-10;1-9(2)11-5-4-10(8-11)12-6-3-7-13-10;1-8(2)10-6-9(7-10)4-3-5-9;;/h2*9H,3-8H2,1-2H3;8H,3-7H2,1-2H3;2*1H4. The van der Waals surface area contributed by atoms with Crippen LogP contribution in [0.5, 0.6) is 0 Å². The zero-order valence-corrected chi connectivity index (χ0v) is 25.9. The zero-order valence-electron chi connectivity index (χ0n) is 24.2. The summed E-state index contributed by atoms with van der Waals surface area (Å²) in [5.41, 5.74) is 0.824. The van der Waals surface area contributed by atoms with Gasteiger partial charge in [-0.25, -0.2) is 0 Å². The second-order valence-electron chi connectivity index (χ2n) is 12.9. The topological polar surface area (TPSA) is 28.2 Å². The molecule has 5 saturated heterocycles. The lowest BCUT2D eigenvalue weighted by atomic mass is 9.63. The molecule has 226 valence electrons. The van der Waals surface area contributed by atoms with Crippen molar-refractivity contribution in [3.8, 4) is 0 Å². The van der Waals surface area contributed by atoms with Crippen LogP contribution in [0.25, 0.3) is 0 Å². The summed E-state index contributed by atoms with van der Waals surface area (Å²) in [7, 11) is 0. The van der Waals surface area contributed by atoms with E-state index >= 15 is 0 Å². The van der Waals surface area contributed by atoms with E-state index in [2.05, 4.69) is 79.8 Å². The molecular weight excluding hydrogens is 510 g/mol. The number of nitrogens with zero attached hydrogens (tertiary/aromatic N) is 3. The highest BCUT2D eigenvalue weighted by molar-refractivity contribution is 8.18. The zero-order chi connectivity index (χ0) is 25.8. The monoisotopic (exact) mass is 573 g/mol. The number of piperidine rings is 1. The van der Waals surface area contributed by atoms with Crippen molar-refractivity contribution in [1.29, 1.82) is 0 Å². The molecule has 5 nitrogen and oxygen atoms in total. The van der Waals surface area contributed by atoms with E-state index in [1.165, 1.54) is 69.8 Å². The number of likely N-dealkylation sites (tertiary alicyclic amines) is 3. The summed E-state index contributed by atoms with van der Waals surface area (Å²) >= 11 is 4.43. The lowest BCUT2D eigenvalue weighted by Gasteiger charge is -2.57. The summed E-state index contributed by atoms with van der Waals surface area (Å²) in [5, 5.41) is 0. The molecule has 0 aromatic rings. The fourth-order valence-electron chi connectivity index (χ4n) is 6.42. The van der Waals surface area contributed by atoms with E-state index in [1.54, 1.807) is 0 Å². The molecule has 0 amide bonds. The molecule has 1 saturated carbocycles. The van der Waals surface area contributed by atoms with E-state index in [4.69, 9.17) is 9.47 Å². The van der Waals surface area contributed by atoms with Gasteiger partial charge in [-0.3, -0.25) is 9.80 Å². The molecule has 1 aliphatic carbocycles. The fourth-order valence-corrected chi connectivity index (χ4v) is 9.74. The first kappa shape index (κ1) is 34.7. The maximum atomic E-state index is 5.66. The minimum absolute atomic E-state index is 0. The quantitative estimate of drug-likeness (QED) is 0.357. The van der Waals surface area contributed by atoms with Crippen LogP contribution >= 0.6 is 23.5 Å². The minimum atomic E-state index is -0.203. The summed E-state index contributed by atoms with van der Waals surface area (Å²) in [4.78, 5) is 7.70. The first-order valence-corrected chi connectivity index (χ1v) is 16.9. The van der Waals surface area contributed by atoms with Crippen molar-refractivity contribution in [3.63, 3.8) is 0 Å². The lowest BCUT2D eigenvalue weighted by molar-refractivity contribution is -0.187. The van der Waals surface area contributed by atoms with Gasteiger partial charge in [-0.2, -0.15) is 0 Å². The molecule has 5 heterocycles. The van der Waals surface area contributed by atoms with Gasteiger partial charge < -0.3 is 14.4 Å². The predicted octanol–water partition coefficient (Wildman–Crippen LogP) is 7.05. The Morgan fingerprint density at radius 3 is 1.50 bits per heavy atom. The van der Waals surface area contributed by atoms with Crippen LogP contribution < -0.4 is 0 Å². The average Bonchev–Trinajstić information content (AvgIpc) is 3.41. The summed E-state index contributed by atoms with van der Waals surface area (Å²) in [6, 6.07) is 2.17. The number of ether oxygens (including phenoxy) is 2. The fraction of sp³-hybridized carbons (Fsp3) is 1.00. The van der Waals surface area contributed by atoms with Crippen LogP contribution in [0.2, 0.25) is 0 Å². The Balaban J connectivity index is 0.000000197. The second-order valence-corrected chi connectivity index (χ2v) is 16.1. The molecule has 6 rings (SSSR count). The summed E-state index contributed by atoms with van der Waals surface area (Å²) in [5.74, 6) is 2.57.